The summed E-state index contributed by atoms with van der Waals surface area (Å²) < 4.78 is 61.1. The molecule has 168 valence electrons. The van der Waals surface area contributed by atoms with Crippen molar-refractivity contribution in [3.63, 3.8) is 0 Å². The summed E-state index contributed by atoms with van der Waals surface area (Å²) in [6, 6.07) is 4.82. The van der Waals surface area contributed by atoms with E-state index in [9.17, 15) is 17.6 Å². The molecule has 0 fully saturated rings. The number of aromatic nitrogens is 2. The summed E-state index contributed by atoms with van der Waals surface area (Å²) in [5.74, 6) is -0.327. The topological polar surface area (TPSA) is 82.3 Å². The van der Waals surface area contributed by atoms with Crippen LogP contribution in [0.3, 0.4) is 0 Å². The lowest BCUT2D eigenvalue weighted by atomic mass is 10.1. The molecule has 6 nitrogen and oxygen atoms in total. The van der Waals surface area contributed by atoms with Gasteiger partial charge in [0.15, 0.2) is 6.61 Å². The van der Waals surface area contributed by atoms with Crippen LogP contribution in [0.5, 0.6) is 11.5 Å². The number of alkyl halides is 3. The Morgan fingerprint density at radius 3 is 2.45 bits per heavy atom. The van der Waals surface area contributed by atoms with Crippen molar-refractivity contribution in [2.45, 2.75) is 13.1 Å². The van der Waals surface area contributed by atoms with Gasteiger partial charge < -0.3 is 20.5 Å². The van der Waals surface area contributed by atoms with Crippen LogP contribution in [0.4, 0.5) is 34.8 Å². The third-order valence-corrected chi connectivity index (χ3v) is 3.94. The van der Waals surface area contributed by atoms with E-state index in [1.54, 1.807) is 24.8 Å². The number of nitrogen functional groups attached to an aromatic ring is 1. The number of aryl methyl sites for hydroxylation is 1. The smallest absolute Gasteiger partial charge is 0.422 e. The van der Waals surface area contributed by atoms with Crippen LogP contribution < -0.4 is 20.5 Å². The first-order chi connectivity index (χ1) is 14.6. The Morgan fingerprint density at radius 1 is 1.16 bits per heavy atom. The molecule has 0 aliphatic carbocycles. The van der Waals surface area contributed by atoms with E-state index in [1.807, 2.05) is 12.5 Å². The molecule has 0 saturated heterocycles. The van der Waals surface area contributed by atoms with Gasteiger partial charge in [-0.3, -0.25) is 0 Å². The molecule has 0 amide bonds. The number of benzene rings is 2. The Morgan fingerprint density at radius 2 is 1.84 bits per heavy atom. The average Bonchev–Trinajstić information content (AvgIpc) is 2.68. The SMILES string of the molecule is COc1c(N)cc2ncnc(Nc3ccc(F)cc3OCC(F)(F)F)c2c1C.CSC. The lowest BCUT2D eigenvalue weighted by Gasteiger charge is -2.17. The number of halogens is 4. The van der Waals surface area contributed by atoms with Crippen LogP contribution in [-0.4, -0.2) is 42.4 Å². The lowest BCUT2D eigenvalue weighted by molar-refractivity contribution is -0.153. The van der Waals surface area contributed by atoms with E-state index in [1.165, 1.54) is 19.5 Å². The molecule has 0 bridgehead atoms. The van der Waals surface area contributed by atoms with E-state index in [-0.39, 0.29) is 17.3 Å². The zero-order chi connectivity index (χ0) is 23.2. The average molecular weight is 458 g/mol. The summed E-state index contributed by atoms with van der Waals surface area (Å²) in [6.45, 7) is 0.191. The highest BCUT2D eigenvalue weighted by atomic mass is 32.2. The number of hydrogen-bond donors (Lipinski definition) is 2. The molecule has 0 unspecified atom stereocenters. The van der Waals surface area contributed by atoms with Gasteiger partial charge in [-0.25, -0.2) is 14.4 Å². The minimum absolute atomic E-state index is 0.112. The van der Waals surface area contributed by atoms with Gasteiger partial charge in [-0.05, 0) is 37.6 Å². The Bertz CT molecular complexity index is 1050. The number of methoxy groups -OCH3 is 1. The fourth-order valence-corrected chi connectivity index (χ4v) is 2.79. The van der Waals surface area contributed by atoms with E-state index in [2.05, 4.69) is 15.3 Å². The van der Waals surface area contributed by atoms with Crippen LogP contribution in [0.15, 0.2) is 30.6 Å². The van der Waals surface area contributed by atoms with Crippen LogP contribution in [0.25, 0.3) is 10.9 Å². The Labute approximate surface area is 181 Å². The number of anilines is 3. The molecule has 3 rings (SSSR count). The molecule has 1 heterocycles. The Balaban J connectivity index is 0.00000107. The number of thioether (sulfide) groups is 1. The molecule has 2 aromatic carbocycles. The second-order valence-corrected chi connectivity index (χ2v) is 7.13. The van der Waals surface area contributed by atoms with Gasteiger partial charge in [0.25, 0.3) is 0 Å². The summed E-state index contributed by atoms with van der Waals surface area (Å²) >= 11 is 1.75. The summed E-state index contributed by atoms with van der Waals surface area (Å²) in [4.78, 5) is 8.31. The standard InChI is InChI=1S/C18H16F4N4O2.C2H6S/c1-9-15-13(6-11(23)16(9)27-2)24-8-25-17(15)26-12-4-3-10(19)5-14(12)28-7-18(20,21)22;1-3-2/h3-6,8H,7,23H2,1-2H3,(H,24,25,26);1-2H3. The highest BCUT2D eigenvalue weighted by molar-refractivity contribution is 7.97. The number of nitrogens with two attached hydrogens (primary N) is 1. The molecule has 0 atom stereocenters. The molecule has 0 radical (unpaired) electrons. The predicted octanol–water partition coefficient (Wildman–Crippen LogP) is 5.33. The van der Waals surface area contributed by atoms with Gasteiger partial charge in [0.1, 0.15) is 29.5 Å². The molecule has 1 aromatic heterocycles. The zero-order valence-corrected chi connectivity index (χ0v) is 18.1. The fraction of sp³-hybridized carbons (Fsp3) is 0.300. The van der Waals surface area contributed by atoms with Crippen LogP contribution in [0.2, 0.25) is 0 Å². The molecule has 0 aliphatic rings. The summed E-state index contributed by atoms with van der Waals surface area (Å²) in [5, 5.41) is 3.44. The summed E-state index contributed by atoms with van der Waals surface area (Å²) in [7, 11) is 1.46. The van der Waals surface area contributed by atoms with E-state index in [0.717, 1.165) is 12.1 Å². The first-order valence-electron chi connectivity index (χ1n) is 8.85. The first kappa shape index (κ1) is 24.3. The normalized spacial score (nSPS) is 11.0. The number of nitrogens with one attached hydrogen (secondary N) is 1. The molecule has 3 aromatic rings. The summed E-state index contributed by atoms with van der Waals surface area (Å²) in [6.07, 6.45) is 0.794. The van der Waals surface area contributed by atoms with Crippen LogP contribution in [0, 0.1) is 12.7 Å². The monoisotopic (exact) mass is 458 g/mol. The minimum Gasteiger partial charge on any atom is -0.494 e. The Kier molecular flexibility index (Phi) is 8.14. The maximum Gasteiger partial charge on any atom is 0.422 e. The minimum atomic E-state index is -4.56. The highest BCUT2D eigenvalue weighted by Gasteiger charge is 2.29. The van der Waals surface area contributed by atoms with Crippen molar-refractivity contribution in [1.29, 1.82) is 0 Å². The molecule has 0 saturated carbocycles. The zero-order valence-electron chi connectivity index (χ0n) is 17.3. The van der Waals surface area contributed by atoms with Crippen LogP contribution in [-0.2, 0) is 0 Å². The molecular formula is C20H22F4N4O2S. The Hall–Kier alpha value is -2.95. The highest BCUT2D eigenvalue weighted by Crippen LogP contribution is 2.37. The molecule has 0 spiro atoms. The third kappa shape index (κ3) is 6.27. The van der Waals surface area contributed by atoms with Gasteiger partial charge in [0.05, 0.1) is 24.0 Å². The van der Waals surface area contributed by atoms with Gasteiger partial charge in [-0.2, -0.15) is 24.9 Å². The number of nitrogens with zero attached hydrogens (tertiary/aromatic N) is 2. The largest absolute Gasteiger partial charge is 0.494 e. The van der Waals surface area contributed by atoms with Gasteiger partial charge >= 0.3 is 6.18 Å². The number of ether oxygens (including phenoxy) is 2. The van der Waals surface area contributed by atoms with Crippen molar-refractivity contribution in [3.8, 4) is 11.5 Å². The fourth-order valence-electron chi connectivity index (χ4n) is 2.79. The first-order valence-corrected chi connectivity index (χ1v) is 10.5. The maximum absolute atomic E-state index is 13.5. The van der Waals surface area contributed by atoms with Crippen LogP contribution in [0.1, 0.15) is 5.56 Å². The van der Waals surface area contributed by atoms with E-state index in [0.29, 0.717) is 27.9 Å². The summed E-state index contributed by atoms with van der Waals surface area (Å²) in [5.41, 5.74) is 7.59. The molecular weight excluding hydrogens is 436 g/mol. The van der Waals surface area contributed by atoms with Crippen molar-refractivity contribution in [2.24, 2.45) is 0 Å². The number of hydrogen-bond acceptors (Lipinski definition) is 7. The second-order valence-electron chi connectivity index (χ2n) is 6.32. The quantitative estimate of drug-likeness (QED) is 0.395. The number of rotatable bonds is 5. The van der Waals surface area contributed by atoms with Gasteiger partial charge in [-0.1, -0.05) is 0 Å². The molecule has 31 heavy (non-hydrogen) atoms. The second kappa shape index (κ2) is 10.4. The van der Waals surface area contributed by atoms with E-state index < -0.39 is 18.6 Å². The van der Waals surface area contributed by atoms with Crippen molar-refractivity contribution < 1.29 is 27.0 Å². The lowest BCUT2D eigenvalue weighted by Crippen LogP contribution is -2.19. The third-order valence-electron chi connectivity index (χ3n) is 3.94. The molecule has 3 N–H and O–H groups in total. The van der Waals surface area contributed by atoms with Crippen LogP contribution >= 0.6 is 11.8 Å². The van der Waals surface area contributed by atoms with Crippen molar-refractivity contribution in [1.82, 2.24) is 9.97 Å². The maximum atomic E-state index is 13.5. The predicted molar refractivity (Wildman–Crippen MR) is 116 cm³/mol. The number of fused-ring (bicyclic) bond motifs is 1. The molecule has 11 heteroatoms. The van der Waals surface area contributed by atoms with Gasteiger partial charge in [0, 0.05) is 17.0 Å². The van der Waals surface area contributed by atoms with Crippen molar-refractivity contribution >= 4 is 39.9 Å². The van der Waals surface area contributed by atoms with Gasteiger partial charge in [-0.15, -0.1) is 0 Å². The van der Waals surface area contributed by atoms with Crippen molar-refractivity contribution in [3.05, 3.63) is 42.0 Å². The van der Waals surface area contributed by atoms with Crippen molar-refractivity contribution in [2.75, 3.05) is 37.3 Å². The van der Waals surface area contributed by atoms with E-state index in [4.69, 9.17) is 15.2 Å². The van der Waals surface area contributed by atoms with Gasteiger partial charge in [0.2, 0.25) is 0 Å². The molecule has 0 aliphatic heterocycles. The van der Waals surface area contributed by atoms with E-state index >= 15 is 0 Å².